The molecular weight excluding hydrogens is 248 g/mol. The number of nitriles is 1. The van der Waals surface area contributed by atoms with Gasteiger partial charge in [-0.3, -0.25) is 0 Å². The van der Waals surface area contributed by atoms with E-state index in [-0.39, 0.29) is 16.2 Å². The van der Waals surface area contributed by atoms with E-state index >= 15 is 0 Å². The van der Waals surface area contributed by atoms with Crippen LogP contribution in [0.4, 0.5) is 8.78 Å². The minimum atomic E-state index is -3.05. The fourth-order valence-corrected chi connectivity index (χ4v) is 1.83. The predicted molar refractivity (Wildman–Crippen MR) is 50.1 cm³/mol. The van der Waals surface area contributed by atoms with Gasteiger partial charge in [0.25, 0.3) is 0 Å². The molecule has 0 N–H and O–H groups in total. The van der Waals surface area contributed by atoms with Crippen LogP contribution in [0.25, 0.3) is 0 Å². The largest absolute Gasteiger partial charge is 0.433 e. The summed E-state index contributed by atoms with van der Waals surface area (Å²) in [7, 11) is 3.33. The Morgan fingerprint density at radius 1 is 1.53 bits per heavy atom. The van der Waals surface area contributed by atoms with E-state index < -0.39 is 16.6 Å². The van der Waals surface area contributed by atoms with E-state index in [0.717, 1.165) is 0 Å². The fourth-order valence-electron chi connectivity index (χ4n) is 0.949. The SMILES string of the molecule is N#Cc1c(OC(F)F)cccc1S(=O)Cl. The van der Waals surface area contributed by atoms with Crippen LogP contribution in [-0.2, 0) is 10.0 Å². The Labute approximate surface area is 91.2 Å². The van der Waals surface area contributed by atoms with E-state index in [1.807, 2.05) is 0 Å². The van der Waals surface area contributed by atoms with Crippen LogP contribution < -0.4 is 4.74 Å². The number of halogens is 3. The van der Waals surface area contributed by atoms with Gasteiger partial charge < -0.3 is 4.74 Å². The van der Waals surface area contributed by atoms with Crippen molar-refractivity contribution in [3.05, 3.63) is 23.8 Å². The number of ether oxygens (including phenoxy) is 1. The first-order valence-electron chi connectivity index (χ1n) is 3.62. The third-order valence-corrected chi connectivity index (χ3v) is 2.67. The molecule has 80 valence electrons. The minimum Gasteiger partial charge on any atom is -0.433 e. The lowest BCUT2D eigenvalue weighted by Gasteiger charge is -2.07. The molecule has 0 aromatic heterocycles. The first-order valence-corrected chi connectivity index (χ1v) is 5.59. The first kappa shape index (κ1) is 11.9. The second-order valence-electron chi connectivity index (χ2n) is 2.34. The molecule has 1 unspecified atom stereocenters. The molecule has 0 aliphatic carbocycles. The highest BCUT2D eigenvalue weighted by molar-refractivity contribution is 8.08. The quantitative estimate of drug-likeness (QED) is 0.775. The molecule has 0 saturated carbocycles. The Hall–Kier alpha value is -1.19. The lowest BCUT2D eigenvalue weighted by atomic mass is 10.2. The van der Waals surface area contributed by atoms with Crippen molar-refractivity contribution in [3.8, 4) is 11.8 Å². The van der Waals surface area contributed by atoms with Crippen molar-refractivity contribution in [1.29, 1.82) is 5.26 Å². The molecule has 0 saturated heterocycles. The zero-order chi connectivity index (χ0) is 11.4. The van der Waals surface area contributed by atoms with Crippen molar-refractivity contribution in [2.24, 2.45) is 0 Å². The molecule has 1 atom stereocenters. The fraction of sp³-hybridized carbons (Fsp3) is 0.125. The molecule has 1 aromatic carbocycles. The van der Waals surface area contributed by atoms with E-state index in [2.05, 4.69) is 4.74 Å². The summed E-state index contributed by atoms with van der Waals surface area (Å²) in [5.74, 6) is -0.334. The summed E-state index contributed by atoms with van der Waals surface area (Å²) in [5.41, 5.74) is -0.244. The maximum absolute atomic E-state index is 11.9. The molecule has 0 aliphatic rings. The molecule has 3 nitrogen and oxygen atoms in total. The maximum Gasteiger partial charge on any atom is 0.387 e. The summed E-state index contributed by atoms with van der Waals surface area (Å²) in [4.78, 5) is -0.0442. The average Bonchev–Trinajstić information content (AvgIpc) is 2.16. The third kappa shape index (κ3) is 2.88. The van der Waals surface area contributed by atoms with Crippen LogP contribution in [0, 0.1) is 11.3 Å². The molecule has 0 fully saturated rings. The summed E-state index contributed by atoms with van der Waals surface area (Å²) in [6.07, 6.45) is 0. The molecule has 15 heavy (non-hydrogen) atoms. The molecule has 0 aliphatic heterocycles. The van der Waals surface area contributed by atoms with E-state index in [9.17, 15) is 13.0 Å². The highest BCUT2D eigenvalue weighted by atomic mass is 35.7. The lowest BCUT2D eigenvalue weighted by molar-refractivity contribution is -0.0501. The van der Waals surface area contributed by atoms with Crippen LogP contribution in [0.15, 0.2) is 23.1 Å². The van der Waals surface area contributed by atoms with Gasteiger partial charge in [-0.2, -0.15) is 14.0 Å². The Morgan fingerprint density at radius 3 is 2.67 bits per heavy atom. The highest BCUT2D eigenvalue weighted by Crippen LogP contribution is 2.26. The van der Waals surface area contributed by atoms with Gasteiger partial charge in [0.2, 0.25) is 0 Å². The topological polar surface area (TPSA) is 50.1 Å². The summed E-state index contributed by atoms with van der Waals surface area (Å²) in [5, 5.41) is 8.69. The van der Waals surface area contributed by atoms with Crippen molar-refractivity contribution in [3.63, 3.8) is 0 Å². The standard InChI is InChI=1S/C8H4ClF2NO2S/c9-15(13)7-3-1-2-6(5(7)4-12)14-8(10)11/h1-3,8H. The number of hydrogen-bond donors (Lipinski definition) is 0. The highest BCUT2D eigenvalue weighted by Gasteiger charge is 2.15. The Kier molecular flexibility index (Phi) is 4.00. The van der Waals surface area contributed by atoms with Gasteiger partial charge in [-0.25, -0.2) is 4.21 Å². The number of nitrogens with zero attached hydrogens (tertiary/aromatic N) is 1. The summed E-state index contributed by atoms with van der Waals surface area (Å²) >= 11 is 0. The van der Waals surface area contributed by atoms with Crippen LogP contribution in [-0.4, -0.2) is 10.8 Å². The van der Waals surface area contributed by atoms with Gasteiger partial charge in [-0.15, -0.1) is 0 Å². The van der Waals surface area contributed by atoms with Crippen molar-refractivity contribution < 1.29 is 17.7 Å². The Balaban J connectivity index is 3.24. The van der Waals surface area contributed by atoms with Gasteiger partial charge in [0.05, 0.1) is 4.90 Å². The number of alkyl halides is 2. The second kappa shape index (κ2) is 5.05. The second-order valence-corrected chi connectivity index (χ2v) is 4.07. The van der Waals surface area contributed by atoms with E-state index in [0.29, 0.717) is 0 Å². The van der Waals surface area contributed by atoms with Gasteiger partial charge >= 0.3 is 6.61 Å². The molecule has 0 radical (unpaired) electrons. The zero-order valence-corrected chi connectivity index (χ0v) is 8.69. The van der Waals surface area contributed by atoms with E-state index in [1.54, 1.807) is 6.07 Å². The van der Waals surface area contributed by atoms with Gasteiger partial charge in [0.15, 0.2) is 0 Å². The number of benzene rings is 1. The van der Waals surface area contributed by atoms with Crippen molar-refractivity contribution >= 4 is 20.7 Å². The molecule has 0 spiro atoms. The molecule has 1 rings (SSSR count). The van der Waals surface area contributed by atoms with Crippen LogP contribution in [0.5, 0.6) is 5.75 Å². The molecule has 0 heterocycles. The van der Waals surface area contributed by atoms with Crippen LogP contribution in [0.2, 0.25) is 0 Å². The van der Waals surface area contributed by atoms with Crippen LogP contribution in [0.1, 0.15) is 5.56 Å². The molecule has 0 amide bonds. The first-order chi connectivity index (χ1) is 7.06. The monoisotopic (exact) mass is 251 g/mol. The molecule has 0 bridgehead atoms. The van der Waals surface area contributed by atoms with Crippen LogP contribution in [0.3, 0.4) is 0 Å². The number of hydrogen-bond acceptors (Lipinski definition) is 3. The lowest BCUT2D eigenvalue weighted by Crippen LogP contribution is -2.04. The molecular formula is C8H4ClF2NO2S. The Bertz CT molecular complexity index is 433. The predicted octanol–water partition coefficient (Wildman–Crippen LogP) is 2.42. The van der Waals surface area contributed by atoms with Crippen molar-refractivity contribution in [1.82, 2.24) is 0 Å². The van der Waals surface area contributed by atoms with Crippen molar-refractivity contribution in [2.75, 3.05) is 0 Å². The van der Waals surface area contributed by atoms with Gasteiger partial charge in [0.1, 0.15) is 27.4 Å². The Morgan fingerprint density at radius 2 is 2.20 bits per heavy atom. The summed E-state index contributed by atoms with van der Waals surface area (Å²) < 4.78 is 38.9. The van der Waals surface area contributed by atoms with E-state index in [1.165, 1.54) is 18.2 Å². The minimum absolute atomic E-state index is 0.0442. The van der Waals surface area contributed by atoms with Crippen LogP contribution >= 0.6 is 10.7 Å². The normalized spacial score (nSPS) is 12.2. The van der Waals surface area contributed by atoms with Gasteiger partial charge in [0, 0.05) is 0 Å². The molecule has 7 heteroatoms. The number of rotatable bonds is 3. The zero-order valence-electron chi connectivity index (χ0n) is 7.12. The smallest absolute Gasteiger partial charge is 0.387 e. The maximum atomic E-state index is 11.9. The average molecular weight is 252 g/mol. The summed E-state index contributed by atoms with van der Waals surface area (Å²) in [6, 6.07) is 5.43. The van der Waals surface area contributed by atoms with Gasteiger partial charge in [-0.1, -0.05) is 6.07 Å². The van der Waals surface area contributed by atoms with E-state index in [4.69, 9.17) is 15.9 Å². The third-order valence-electron chi connectivity index (χ3n) is 1.49. The molecule has 1 aromatic rings. The summed E-state index contributed by atoms with van der Waals surface area (Å²) in [6.45, 7) is -3.05. The van der Waals surface area contributed by atoms with Gasteiger partial charge in [-0.05, 0) is 22.8 Å². The van der Waals surface area contributed by atoms with Crippen molar-refractivity contribution in [2.45, 2.75) is 11.5 Å².